The third kappa shape index (κ3) is 3.31. The Morgan fingerprint density at radius 3 is 2.76 bits per heavy atom. The van der Waals surface area contributed by atoms with Gasteiger partial charge in [-0.15, -0.1) is 0 Å². The van der Waals surface area contributed by atoms with Crippen molar-refractivity contribution < 1.29 is 17.9 Å². The second kappa shape index (κ2) is 5.20. The van der Waals surface area contributed by atoms with Crippen molar-refractivity contribution in [3.8, 4) is 0 Å². The minimum atomic E-state index is -3.35. The van der Waals surface area contributed by atoms with Gasteiger partial charge in [-0.25, -0.2) is 13.1 Å². The zero-order chi connectivity index (χ0) is 12.3. The number of furan rings is 1. The summed E-state index contributed by atoms with van der Waals surface area (Å²) < 4.78 is 31.2. The molecule has 1 aromatic rings. The molecule has 1 aliphatic rings. The highest BCUT2D eigenvalue weighted by Crippen LogP contribution is 2.27. The molecule has 17 heavy (non-hydrogen) atoms. The lowest BCUT2D eigenvalue weighted by Crippen LogP contribution is -2.36. The fourth-order valence-corrected chi connectivity index (χ4v) is 3.58. The maximum absolute atomic E-state index is 11.8. The molecular weight excluding hydrogens is 242 g/mol. The zero-order valence-electron chi connectivity index (χ0n) is 9.50. The molecule has 1 atom stereocenters. The van der Waals surface area contributed by atoms with Crippen LogP contribution in [0.4, 0.5) is 0 Å². The van der Waals surface area contributed by atoms with Crippen molar-refractivity contribution in [3.05, 3.63) is 24.2 Å². The third-order valence-corrected chi connectivity index (χ3v) is 4.62. The lowest BCUT2D eigenvalue weighted by Gasteiger charge is -2.25. The third-order valence-electron chi connectivity index (χ3n) is 3.07. The first kappa shape index (κ1) is 12.6. The summed E-state index contributed by atoms with van der Waals surface area (Å²) in [4.78, 5) is 0. The van der Waals surface area contributed by atoms with Crippen LogP contribution in [0.1, 0.15) is 31.1 Å². The first-order chi connectivity index (χ1) is 8.11. The number of nitrogens with one attached hydrogen (secondary N) is 1. The highest BCUT2D eigenvalue weighted by Gasteiger charge is 2.27. The van der Waals surface area contributed by atoms with Crippen LogP contribution in [0.5, 0.6) is 0 Å². The van der Waals surface area contributed by atoms with Crippen LogP contribution in [0.25, 0.3) is 0 Å². The molecule has 0 saturated heterocycles. The Morgan fingerprint density at radius 2 is 2.29 bits per heavy atom. The van der Waals surface area contributed by atoms with E-state index in [0.29, 0.717) is 5.76 Å². The van der Waals surface area contributed by atoms with Gasteiger partial charge < -0.3 is 9.52 Å². The Kier molecular flexibility index (Phi) is 3.86. The van der Waals surface area contributed by atoms with Gasteiger partial charge in [0, 0.05) is 0 Å². The van der Waals surface area contributed by atoms with Gasteiger partial charge in [0.2, 0.25) is 10.0 Å². The van der Waals surface area contributed by atoms with Crippen molar-refractivity contribution in [1.29, 1.82) is 0 Å². The first-order valence-corrected chi connectivity index (χ1v) is 7.40. The van der Waals surface area contributed by atoms with Crippen molar-refractivity contribution in [3.63, 3.8) is 0 Å². The first-order valence-electron chi connectivity index (χ1n) is 5.75. The number of rotatable bonds is 6. The van der Waals surface area contributed by atoms with E-state index < -0.39 is 16.1 Å². The van der Waals surface area contributed by atoms with Crippen LogP contribution in [0.3, 0.4) is 0 Å². The molecule has 1 aliphatic carbocycles. The van der Waals surface area contributed by atoms with E-state index >= 15 is 0 Å². The van der Waals surface area contributed by atoms with Crippen molar-refractivity contribution in [1.82, 2.24) is 4.72 Å². The number of sulfonamides is 1. The van der Waals surface area contributed by atoms with Crippen molar-refractivity contribution in [2.45, 2.75) is 25.3 Å². The van der Waals surface area contributed by atoms with Crippen LogP contribution in [-0.2, 0) is 10.0 Å². The average molecular weight is 259 g/mol. The summed E-state index contributed by atoms with van der Waals surface area (Å²) in [5.74, 6) is 0.845. The van der Waals surface area contributed by atoms with Crippen LogP contribution < -0.4 is 4.72 Å². The zero-order valence-corrected chi connectivity index (χ0v) is 10.3. The molecule has 0 bridgehead atoms. The summed E-state index contributed by atoms with van der Waals surface area (Å²) in [5, 5.41) is 9.18. The molecule has 1 heterocycles. The van der Waals surface area contributed by atoms with Gasteiger partial charge in [0.25, 0.3) is 0 Å². The summed E-state index contributed by atoms with van der Waals surface area (Å²) in [7, 11) is -3.35. The van der Waals surface area contributed by atoms with Gasteiger partial charge in [-0.1, -0.05) is 6.42 Å². The molecule has 1 saturated carbocycles. The second-order valence-corrected chi connectivity index (χ2v) is 6.25. The number of hydrogen-bond acceptors (Lipinski definition) is 4. The average Bonchev–Trinajstić information content (AvgIpc) is 2.74. The highest BCUT2D eigenvalue weighted by molar-refractivity contribution is 7.89. The van der Waals surface area contributed by atoms with Gasteiger partial charge in [-0.3, -0.25) is 0 Å². The molecule has 2 rings (SSSR count). The van der Waals surface area contributed by atoms with Gasteiger partial charge in [-0.2, -0.15) is 0 Å². The Labute approximate surface area is 101 Å². The monoisotopic (exact) mass is 259 g/mol. The van der Waals surface area contributed by atoms with E-state index in [1.165, 1.54) is 6.26 Å². The number of aliphatic hydroxyl groups is 1. The Balaban J connectivity index is 1.97. The Hall–Kier alpha value is -0.850. The van der Waals surface area contributed by atoms with Gasteiger partial charge >= 0.3 is 0 Å². The van der Waals surface area contributed by atoms with Gasteiger partial charge in [0.1, 0.15) is 11.8 Å². The molecule has 0 radical (unpaired) electrons. The van der Waals surface area contributed by atoms with Crippen LogP contribution in [0.2, 0.25) is 0 Å². The summed E-state index contributed by atoms with van der Waals surface area (Å²) in [6, 6.07) is 2.63. The normalized spacial score (nSPS) is 18.9. The van der Waals surface area contributed by atoms with Crippen molar-refractivity contribution in [2.75, 3.05) is 12.4 Å². The van der Waals surface area contributed by atoms with Gasteiger partial charge in [0.15, 0.2) is 0 Å². The lowest BCUT2D eigenvalue weighted by molar-refractivity contribution is 0.241. The van der Waals surface area contributed by atoms with Crippen LogP contribution >= 0.6 is 0 Å². The summed E-state index contributed by atoms with van der Waals surface area (Å²) in [6.07, 6.45) is 4.52. The maximum atomic E-state index is 11.8. The van der Waals surface area contributed by atoms with Gasteiger partial charge in [-0.05, 0) is 30.9 Å². The van der Waals surface area contributed by atoms with E-state index in [4.69, 9.17) is 4.42 Å². The molecule has 1 unspecified atom stereocenters. The molecule has 0 aliphatic heterocycles. The largest absolute Gasteiger partial charge is 0.468 e. The molecule has 0 aromatic carbocycles. The SMILES string of the molecule is O=S(=O)(CC1CCC1)NC(CO)c1ccco1. The number of aliphatic hydroxyl groups excluding tert-OH is 1. The molecule has 0 spiro atoms. The second-order valence-electron chi connectivity index (χ2n) is 4.45. The van der Waals surface area contributed by atoms with Crippen molar-refractivity contribution in [2.24, 2.45) is 5.92 Å². The molecule has 0 amide bonds. The van der Waals surface area contributed by atoms with E-state index in [0.717, 1.165) is 19.3 Å². The fraction of sp³-hybridized carbons (Fsp3) is 0.636. The van der Waals surface area contributed by atoms with Crippen molar-refractivity contribution >= 4 is 10.0 Å². The standard InChI is InChI=1S/C11H17NO4S/c13-7-10(11-5-2-6-16-11)12-17(14,15)8-9-3-1-4-9/h2,5-6,9-10,12-13H,1,3-4,7-8H2. The van der Waals surface area contributed by atoms with Crippen LogP contribution in [0.15, 0.2) is 22.8 Å². The van der Waals surface area contributed by atoms with E-state index in [1.807, 2.05) is 0 Å². The van der Waals surface area contributed by atoms with E-state index in [1.54, 1.807) is 12.1 Å². The topological polar surface area (TPSA) is 79.5 Å². The minimum absolute atomic E-state index is 0.143. The Morgan fingerprint density at radius 1 is 1.53 bits per heavy atom. The fourth-order valence-electron chi connectivity index (χ4n) is 1.91. The molecule has 5 nitrogen and oxygen atoms in total. The van der Waals surface area contributed by atoms with E-state index in [-0.39, 0.29) is 18.3 Å². The molecule has 6 heteroatoms. The smallest absolute Gasteiger partial charge is 0.212 e. The summed E-state index contributed by atoms with van der Waals surface area (Å²) >= 11 is 0. The van der Waals surface area contributed by atoms with E-state index in [2.05, 4.69) is 4.72 Å². The molecular formula is C11H17NO4S. The molecule has 1 aromatic heterocycles. The molecule has 1 fully saturated rings. The predicted octanol–water partition coefficient (Wildman–Crippen LogP) is 1.03. The molecule has 96 valence electrons. The minimum Gasteiger partial charge on any atom is -0.468 e. The maximum Gasteiger partial charge on any atom is 0.212 e. The van der Waals surface area contributed by atoms with Crippen LogP contribution in [0, 0.1) is 5.92 Å². The quantitative estimate of drug-likeness (QED) is 0.799. The predicted molar refractivity (Wildman–Crippen MR) is 62.8 cm³/mol. The highest BCUT2D eigenvalue weighted by atomic mass is 32.2. The molecule has 2 N–H and O–H groups in total. The summed E-state index contributed by atoms with van der Waals surface area (Å²) in [5.41, 5.74) is 0. The number of hydrogen-bond donors (Lipinski definition) is 2. The van der Waals surface area contributed by atoms with Gasteiger partial charge in [0.05, 0.1) is 18.6 Å². The van der Waals surface area contributed by atoms with Crippen LogP contribution in [-0.4, -0.2) is 25.9 Å². The Bertz CT molecular complexity index is 436. The summed E-state index contributed by atoms with van der Waals surface area (Å²) in [6.45, 7) is -0.308. The van der Waals surface area contributed by atoms with E-state index in [9.17, 15) is 13.5 Å². The lowest BCUT2D eigenvalue weighted by atomic mass is 9.87.